The van der Waals surface area contributed by atoms with Gasteiger partial charge in [0.2, 0.25) is 0 Å². The van der Waals surface area contributed by atoms with E-state index in [0.29, 0.717) is 11.8 Å². The number of aryl methyl sites for hydroxylation is 2. The first kappa shape index (κ1) is 16.4. The molecule has 0 unspecified atom stereocenters. The lowest BCUT2D eigenvalue weighted by atomic mass is 10.1. The molecule has 4 heterocycles. The zero-order chi connectivity index (χ0) is 19.1. The highest BCUT2D eigenvalue weighted by atomic mass is 16.5. The third kappa shape index (κ3) is 2.58. The normalized spacial score (nSPS) is 11.4. The summed E-state index contributed by atoms with van der Waals surface area (Å²) in [7, 11) is 1.88. The van der Waals surface area contributed by atoms with E-state index >= 15 is 0 Å². The number of benzene rings is 1. The number of nitrogens with zero attached hydrogens (tertiary/aromatic N) is 7. The maximum atomic E-state index is 5.96. The third-order valence-electron chi connectivity index (χ3n) is 4.59. The van der Waals surface area contributed by atoms with Gasteiger partial charge in [0.05, 0.1) is 0 Å². The molecule has 0 N–H and O–H groups in total. The van der Waals surface area contributed by atoms with Crippen LogP contribution in [0.15, 0.2) is 55.0 Å². The number of hydrogen-bond donors (Lipinski definition) is 0. The average Bonchev–Trinajstić information content (AvgIpc) is 3.27. The van der Waals surface area contributed by atoms with E-state index in [1.54, 1.807) is 18.6 Å². The lowest BCUT2D eigenvalue weighted by molar-refractivity contribution is 0.427. The summed E-state index contributed by atoms with van der Waals surface area (Å²) < 4.78 is 9.64. The summed E-state index contributed by atoms with van der Waals surface area (Å²) in [6.07, 6.45) is 5.11. The van der Waals surface area contributed by atoms with Gasteiger partial charge in [-0.25, -0.2) is 19.6 Å². The Kier molecular flexibility index (Phi) is 3.75. The Morgan fingerprint density at radius 3 is 2.50 bits per heavy atom. The van der Waals surface area contributed by atoms with E-state index in [2.05, 4.69) is 25.0 Å². The molecule has 0 aliphatic carbocycles. The number of rotatable bonds is 4. The van der Waals surface area contributed by atoms with Gasteiger partial charge in [0.15, 0.2) is 11.3 Å². The molecule has 1 aromatic carbocycles. The summed E-state index contributed by atoms with van der Waals surface area (Å²) in [6.45, 7) is 2.77. The number of hydrogen-bond acceptors (Lipinski definition) is 6. The monoisotopic (exact) mass is 371 g/mol. The maximum absolute atomic E-state index is 5.96. The topological polar surface area (TPSA) is 83.5 Å². The molecule has 8 heteroatoms. The lowest BCUT2D eigenvalue weighted by Crippen LogP contribution is -1.97. The largest absolute Gasteiger partial charge is 0.425 e. The first-order valence-electron chi connectivity index (χ1n) is 8.98. The molecule has 28 heavy (non-hydrogen) atoms. The van der Waals surface area contributed by atoms with Gasteiger partial charge in [0.25, 0.3) is 0 Å². The average molecular weight is 371 g/mol. The van der Waals surface area contributed by atoms with Crippen molar-refractivity contribution in [3.05, 3.63) is 55.0 Å². The van der Waals surface area contributed by atoms with Crippen molar-refractivity contribution >= 4 is 22.3 Å². The van der Waals surface area contributed by atoms with Crippen LogP contribution in [0, 0.1) is 0 Å². The molecule has 0 radical (unpaired) electrons. The van der Waals surface area contributed by atoms with E-state index in [-0.39, 0.29) is 0 Å². The Labute approximate surface area is 160 Å². The summed E-state index contributed by atoms with van der Waals surface area (Å²) in [5.74, 6) is 0.687. The number of imidazole rings is 1. The van der Waals surface area contributed by atoms with Gasteiger partial charge in [0, 0.05) is 37.7 Å². The molecule has 5 rings (SSSR count). The molecule has 0 spiro atoms. The van der Waals surface area contributed by atoms with Crippen LogP contribution in [0.2, 0.25) is 0 Å². The number of pyridine rings is 1. The second kappa shape index (κ2) is 6.41. The van der Waals surface area contributed by atoms with Crippen molar-refractivity contribution in [3.63, 3.8) is 0 Å². The minimum Gasteiger partial charge on any atom is -0.425 e. The molecule has 0 aliphatic rings. The van der Waals surface area contributed by atoms with Crippen molar-refractivity contribution in [1.29, 1.82) is 0 Å². The number of aromatic nitrogens is 7. The van der Waals surface area contributed by atoms with E-state index in [4.69, 9.17) is 4.74 Å². The van der Waals surface area contributed by atoms with Crippen LogP contribution in [0.4, 0.5) is 0 Å². The second-order valence-electron chi connectivity index (χ2n) is 6.32. The van der Waals surface area contributed by atoms with Gasteiger partial charge in [-0.1, -0.05) is 0 Å². The molecule has 0 amide bonds. The summed E-state index contributed by atoms with van der Waals surface area (Å²) in [6, 6.07) is 12.0. The van der Waals surface area contributed by atoms with Crippen LogP contribution in [0.5, 0.6) is 11.8 Å². The molecule has 0 saturated heterocycles. The fourth-order valence-electron chi connectivity index (χ4n) is 3.20. The molecule has 4 aromatic heterocycles. The van der Waals surface area contributed by atoms with E-state index in [1.807, 2.05) is 59.6 Å². The Balaban J connectivity index is 1.48. The van der Waals surface area contributed by atoms with E-state index in [0.717, 1.165) is 40.1 Å². The smallest absolute Gasteiger partial charge is 0.303 e. The Morgan fingerprint density at radius 1 is 0.929 bits per heavy atom. The van der Waals surface area contributed by atoms with E-state index in [9.17, 15) is 0 Å². The summed E-state index contributed by atoms with van der Waals surface area (Å²) in [4.78, 5) is 17.7. The SMILES string of the molecule is CCn1nc(-c2ccc(Oc3nc4cccnc4n3C)cc2)c2nccnc21. The Hall–Kier alpha value is -3.81. The van der Waals surface area contributed by atoms with Gasteiger partial charge >= 0.3 is 6.01 Å². The van der Waals surface area contributed by atoms with Gasteiger partial charge in [-0.05, 0) is 43.3 Å². The highest BCUT2D eigenvalue weighted by molar-refractivity contribution is 5.87. The van der Waals surface area contributed by atoms with Crippen LogP contribution in [0.1, 0.15) is 6.92 Å². The highest BCUT2D eigenvalue weighted by Crippen LogP contribution is 2.29. The van der Waals surface area contributed by atoms with Gasteiger partial charge in [-0.3, -0.25) is 4.57 Å². The molecule has 0 fully saturated rings. The van der Waals surface area contributed by atoms with Crippen LogP contribution in [-0.4, -0.2) is 34.3 Å². The van der Waals surface area contributed by atoms with Gasteiger partial charge in [-0.15, -0.1) is 0 Å². The van der Waals surface area contributed by atoms with Crippen LogP contribution in [0.3, 0.4) is 0 Å². The molecule has 0 aliphatic heterocycles. The number of fused-ring (bicyclic) bond motifs is 2. The van der Waals surface area contributed by atoms with Crippen LogP contribution in [-0.2, 0) is 13.6 Å². The first-order chi connectivity index (χ1) is 13.7. The zero-order valence-electron chi connectivity index (χ0n) is 15.4. The Bertz CT molecular complexity index is 1290. The first-order valence-corrected chi connectivity index (χ1v) is 8.98. The molecule has 0 bridgehead atoms. The molecule has 138 valence electrons. The standard InChI is InChI=1S/C20H17N7O/c1-3-27-19-17(21-11-12-23-19)16(25-27)13-6-8-14(9-7-13)28-20-24-15-5-4-10-22-18(15)26(20)2/h4-12H,3H2,1-2H3. The van der Waals surface area contributed by atoms with E-state index in [1.165, 1.54) is 0 Å². The maximum Gasteiger partial charge on any atom is 0.303 e. The van der Waals surface area contributed by atoms with Crippen molar-refractivity contribution in [2.24, 2.45) is 7.05 Å². The van der Waals surface area contributed by atoms with Crippen LogP contribution < -0.4 is 4.74 Å². The molecule has 0 atom stereocenters. The van der Waals surface area contributed by atoms with Gasteiger partial charge in [-0.2, -0.15) is 10.1 Å². The predicted octanol–water partition coefficient (Wildman–Crippen LogP) is 3.59. The van der Waals surface area contributed by atoms with Gasteiger partial charge in [0.1, 0.15) is 22.5 Å². The van der Waals surface area contributed by atoms with Crippen molar-refractivity contribution in [3.8, 4) is 23.0 Å². The highest BCUT2D eigenvalue weighted by Gasteiger charge is 2.14. The quantitative estimate of drug-likeness (QED) is 0.480. The van der Waals surface area contributed by atoms with Gasteiger partial charge < -0.3 is 4.74 Å². The summed E-state index contributed by atoms with van der Waals surface area (Å²) in [5.41, 5.74) is 4.92. The van der Waals surface area contributed by atoms with E-state index < -0.39 is 0 Å². The fraction of sp³-hybridized carbons (Fsp3) is 0.150. The van der Waals surface area contributed by atoms with Crippen molar-refractivity contribution in [1.82, 2.24) is 34.3 Å². The summed E-state index contributed by atoms with van der Waals surface area (Å²) in [5, 5.41) is 4.66. The second-order valence-corrected chi connectivity index (χ2v) is 6.32. The molecule has 5 aromatic rings. The summed E-state index contributed by atoms with van der Waals surface area (Å²) >= 11 is 0. The Morgan fingerprint density at radius 2 is 1.71 bits per heavy atom. The van der Waals surface area contributed by atoms with Crippen molar-refractivity contribution in [2.45, 2.75) is 13.5 Å². The molecular formula is C20H17N7O. The van der Waals surface area contributed by atoms with Crippen molar-refractivity contribution < 1.29 is 4.74 Å². The number of ether oxygens (including phenoxy) is 1. The molecular weight excluding hydrogens is 354 g/mol. The van der Waals surface area contributed by atoms with Crippen LogP contribution in [0.25, 0.3) is 33.6 Å². The molecule has 0 saturated carbocycles. The minimum absolute atomic E-state index is 0.494. The lowest BCUT2D eigenvalue weighted by Gasteiger charge is -2.05. The minimum atomic E-state index is 0.494. The zero-order valence-corrected chi connectivity index (χ0v) is 15.4. The fourth-order valence-corrected chi connectivity index (χ4v) is 3.20. The molecule has 8 nitrogen and oxygen atoms in total. The predicted molar refractivity (Wildman–Crippen MR) is 105 cm³/mol. The van der Waals surface area contributed by atoms with Crippen molar-refractivity contribution in [2.75, 3.05) is 0 Å². The third-order valence-corrected chi connectivity index (χ3v) is 4.59. The van der Waals surface area contributed by atoms with Crippen LogP contribution >= 0.6 is 0 Å².